The first-order valence-electron chi connectivity index (χ1n) is 5.56. The zero-order valence-electron chi connectivity index (χ0n) is 10.3. The maximum Gasteiger partial charge on any atom is 0.573 e. The van der Waals surface area contributed by atoms with Crippen LogP contribution < -0.4 is 10.1 Å². The number of halogens is 4. The molecule has 0 unspecified atom stereocenters. The summed E-state index contributed by atoms with van der Waals surface area (Å²) in [7, 11) is 0. The van der Waals surface area contributed by atoms with Crippen molar-refractivity contribution in [2.24, 2.45) is 0 Å². The van der Waals surface area contributed by atoms with Crippen molar-refractivity contribution in [2.75, 3.05) is 5.32 Å². The van der Waals surface area contributed by atoms with E-state index in [9.17, 15) is 13.2 Å². The van der Waals surface area contributed by atoms with Crippen LogP contribution in [0.4, 0.5) is 24.5 Å². The summed E-state index contributed by atoms with van der Waals surface area (Å²) in [6.45, 7) is 0. The SMILES string of the molecule is N#Cc1ccc(Nc2ccc(OC(F)(F)F)c(Br)c2)cn1. The second kappa shape index (κ2) is 6.01. The number of aromatic nitrogens is 1. The van der Waals surface area contributed by atoms with Crippen LogP contribution in [-0.2, 0) is 0 Å². The molecule has 0 aliphatic carbocycles. The molecule has 2 aromatic rings. The Morgan fingerprint density at radius 3 is 2.43 bits per heavy atom. The van der Waals surface area contributed by atoms with Crippen molar-refractivity contribution >= 4 is 27.3 Å². The lowest BCUT2D eigenvalue weighted by molar-refractivity contribution is -0.274. The molecule has 8 heteroatoms. The Morgan fingerprint density at radius 2 is 1.90 bits per heavy atom. The number of nitriles is 1. The van der Waals surface area contributed by atoms with Crippen molar-refractivity contribution in [3.63, 3.8) is 0 Å². The van der Waals surface area contributed by atoms with Gasteiger partial charge in [0.2, 0.25) is 0 Å². The summed E-state index contributed by atoms with van der Waals surface area (Å²) in [5, 5.41) is 11.6. The van der Waals surface area contributed by atoms with E-state index in [1.54, 1.807) is 6.07 Å². The fraction of sp³-hybridized carbons (Fsp3) is 0.0769. The van der Waals surface area contributed by atoms with Crippen molar-refractivity contribution in [2.45, 2.75) is 6.36 Å². The van der Waals surface area contributed by atoms with E-state index < -0.39 is 6.36 Å². The van der Waals surface area contributed by atoms with Gasteiger partial charge in [0.1, 0.15) is 17.5 Å². The lowest BCUT2D eigenvalue weighted by Gasteiger charge is -2.12. The van der Waals surface area contributed by atoms with Crippen LogP contribution in [0.5, 0.6) is 5.75 Å². The van der Waals surface area contributed by atoms with Gasteiger partial charge in [-0.15, -0.1) is 13.2 Å². The van der Waals surface area contributed by atoms with Gasteiger partial charge in [0.05, 0.1) is 16.4 Å². The molecule has 108 valence electrons. The second-order valence-electron chi connectivity index (χ2n) is 3.86. The average molecular weight is 358 g/mol. The summed E-state index contributed by atoms with van der Waals surface area (Å²) in [4.78, 5) is 3.87. The lowest BCUT2D eigenvalue weighted by Crippen LogP contribution is -2.17. The Kier molecular flexibility index (Phi) is 4.33. The molecule has 0 fully saturated rings. The van der Waals surface area contributed by atoms with E-state index in [0.717, 1.165) is 0 Å². The minimum atomic E-state index is -4.74. The molecule has 1 aromatic heterocycles. The normalized spacial score (nSPS) is 10.8. The van der Waals surface area contributed by atoms with Gasteiger partial charge in [-0.25, -0.2) is 4.98 Å². The first kappa shape index (κ1) is 15.1. The Hall–Kier alpha value is -2.27. The summed E-state index contributed by atoms with van der Waals surface area (Å²) in [6.07, 6.45) is -3.29. The van der Waals surface area contributed by atoms with Crippen LogP contribution in [0.15, 0.2) is 41.0 Å². The third-order valence-corrected chi connectivity index (χ3v) is 2.94. The van der Waals surface area contributed by atoms with Gasteiger partial charge >= 0.3 is 6.36 Å². The van der Waals surface area contributed by atoms with Crippen LogP contribution in [0.1, 0.15) is 5.69 Å². The van der Waals surface area contributed by atoms with Gasteiger partial charge in [-0.3, -0.25) is 0 Å². The highest BCUT2D eigenvalue weighted by Gasteiger charge is 2.31. The number of alkyl halides is 3. The van der Waals surface area contributed by atoms with Gasteiger partial charge in [0, 0.05) is 5.69 Å². The fourth-order valence-corrected chi connectivity index (χ4v) is 1.95. The van der Waals surface area contributed by atoms with Crippen LogP contribution in [0.2, 0.25) is 0 Å². The third kappa shape index (κ3) is 4.36. The van der Waals surface area contributed by atoms with Gasteiger partial charge in [-0.2, -0.15) is 5.26 Å². The van der Waals surface area contributed by atoms with Crippen molar-refractivity contribution < 1.29 is 17.9 Å². The molecule has 0 spiro atoms. The summed E-state index contributed by atoms with van der Waals surface area (Å²) >= 11 is 3.01. The highest BCUT2D eigenvalue weighted by molar-refractivity contribution is 9.10. The van der Waals surface area contributed by atoms with Gasteiger partial charge in [0.25, 0.3) is 0 Å². The van der Waals surface area contributed by atoms with E-state index in [4.69, 9.17) is 5.26 Å². The molecule has 4 nitrogen and oxygen atoms in total. The second-order valence-corrected chi connectivity index (χ2v) is 4.72. The molecule has 0 bridgehead atoms. The number of anilines is 2. The number of nitrogens with zero attached hydrogens (tertiary/aromatic N) is 2. The molecule has 0 aliphatic rings. The van der Waals surface area contributed by atoms with Crippen LogP contribution in [0.25, 0.3) is 0 Å². The molecule has 0 radical (unpaired) electrons. The van der Waals surface area contributed by atoms with Crippen LogP contribution in [0.3, 0.4) is 0 Å². The number of ether oxygens (including phenoxy) is 1. The van der Waals surface area contributed by atoms with Gasteiger partial charge in [-0.1, -0.05) is 0 Å². The van der Waals surface area contributed by atoms with E-state index in [2.05, 4.69) is 31.0 Å². The topological polar surface area (TPSA) is 57.9 Å². The molecule has 1 heterocycles. The molecule has 0 aliphatic heterocycles. The van der Waals surface area contributed by atoms with E-state index in [0.29, 0.717) is 11.4 Å². The number of benzene rings is 1. The highest BCUT2D eigenvalue weighted by Crippen LogP contribution is 2.33. The Bertz CT molecular complexity index is 681. The smallest absolute Gasteiger partial charge is 0.405 e. The number of hydrogen-bond donors (Lipinski definition) is 1. The minimum absolute atomic E-state index is 0.159. The van der Waals surface area contributed by atoms with E-state index in [1.807, 2.05) is 6.07 Å². The molecule has 1 N–H and O–H groups in total. The first-order valence-corrected chi connectivity index (χ1v) is 6.35. The highest BCUT2D eigenvalue weighted by atomic mass is 79.9. The predicted molar refractivity (Wildman–Crippen MR) is 73.1 cm³/mol. The van der Waals surface area contributed by atoms with Gasteiger partial charge in [-0.05, 0) is 46.3 Å². The summed E-state index contributed by atoms with van der Waals surface area (Å²) in [5.41, 5.74) is 1.42. The number of nitrogens with one attached hydrogen (secondary N) is 1. The maximum absolute atomic E-state index is 12.1. The quantitative estimate of drug-likeness (QED) is 0.886. The van der Waals surface area contributed by atoms with Crippen molar-refractivity contribution in [3.05, 3.63) is 46.7 Å². The molecule has 1 aromatic carbocycles. The summed E-state index contributed by atoms with van der Waals surface area (Å²) in [6, 6.07) is 9.12. The average Bonchev–Trinajstić information content (AvgIpc) is 2.41. The van der Waals surface area contributed by atoms with Crippen LogP contribution in [-0.4, -0.2) is 11.3 Å². The molecule has 0 amide bonds. The molecule has 0 saturated heterocycles. The van der Waals surface area contributed by atoms with Gasteiger partial charge < -0.3 is 10.1 Å². The largest absolute Gasteiger partial charge is 0.573 e. The van der Waals surface area contributed by atoms with Crippen LogP contribution in [0, 0.1) is 11.3 Å². The van der Waals surface area contributed by atoms with Crippen molar-refractivity contribution in [1.82, 2.24) is 4.98 Å². The molecule has 0 saturated carbocycles. The third-order valence-electron chi connectivity index (χ3n) is 2.32. The molecule has 0 atom stereocenters. The van der Waals surface area contributed by atoms with E-state index >= 15 is 0 Å². The summed E-state index contributed by atoms with van der Waals surface area (Å²) < 4.78 is 40.4. The maximum atomic E-state index is 12.1. The zero-order chi connectivity index (χ0) is 15.5. The van der Waals surface area contributed by atoms with Crippen molar-refractivity contribution in [3.8, 4) is 11.8 Å². The number of hydrogen-bond acceptors (Lipinski definition) is 4. The summed E-state index contributed by atoms with van der Waals surface area (Å²) in [5.74, 6) is -0.328. The molecule has 21 heavy (non-hydrogen) atoms. The Balaban J connectivity index is 2.14. The predicted octanol–water partition coefficient (Wildman–Crippen LogP) is 4.36. The van der Waals surface area contributed by atoms with E-state index in [1.165, 1.54) is 30.5 Å². The number of rotatable bonds is 3. The van der Waals surface area contributed by atoms with Gasteiger partial charge in [0.15, 0.2) is 0 Å². The molecular formula is C13H7BrF3N3O. The molecule has 2 rings (SSSR count). The first-order chi connectivity index (χ1) is 9.87. The number of pyridine rings is 1. The van der Waals surface area contributed by atoms with E-state index in [-0.39, 0.29) is 15.9 Å². The Labute approximate surface area is 126 Å². The fourth-order valence-electron chi connectivity index (χ4n) is 1.49. The molecular weight excluding hydrogens is 351 g/mol. The standard InChI is InChI=1S/C13H7BrF3N3O/c14-11-5-8(3-4-12(11)21-13(15,16)17)20-10-2-1-9(6-18)19-7-10/h1-5,7,20H. The van der Waals surface area contributed by atoms with Crippen molar-refractivity contribution in [1.29, 1.82) is 5.26 Å². The zero-order valence-corrected chi connectivity index (χ0v) is 11.9. The monoisotopic (exact) mass is 357 g/mol. The Morgan fingerprint density at radius 1 is 1.19 bits per heavy atom. The van der Waals surface area contributed by atoms with Crippen LogP contribution >= 0.6 is 15.9 Å². The lowest BCUT2D eigenvalue weighted by atomic mass is 10.3. The minimum Gasteiger partial charge on any atom is -0.405 e.